The molecule has 0 spiro atoms. The number of fused-ring (bicyclic) bond motifs is 1. The van der Waals surface area contributed by atoms with E-state index in [0.717, 1.165) is 11.4 Å². The molecule has 0 N–H and O–H groups in total. The predicted octanol–water partition coefficient (Wildman–Crippen LogP) is 1.30. The Labute approximate surface area is 108 Å². The van der Waals surface area contributed by atoms with Crippen molar-refractivity contribution in [2.75, 3.05) is 0 Å². The van der Waals surface area contributed by atoms with Crippen LogP contribution in [0.25, 0.3) is 0 Å². The molecule has 0 radical (unpaired) electrons. The third-order valence-corrected chi connectivity index (χ3v) is 5.22. The highest BCUT2D eigenvalue weighted by Gasteiger charge is 2.72. The molecule has 2 heterocycles. The molecule has 0 unspecified atom stereocenters. The second kappa shape index (κ2) is 2.85. The van der Waals surface area contributed by atoms with Crippen LogP contribution in [0.15, 0.2) is 12.4 Å². The molecule has 5 heteroatoms. The third kappa shape index (κ3) is 1.27. The minimum Gasteiger partial charge on any atom is -0.399 e. The van der Waals surface area contributed by atoms with Crippen LogP contribution in [-0.4, -0.2) is 28.1 Å². The molecule has 1 saturated heterocycles. The quantitative estimate of drug-likeness (QED) is 0.738. The molecule has 3 aliphatic rings. The van der Waals surface area contributed by atoms with Crippen molar-refractivity contribution in [3.05, 3.63) is 12.4 Å². The van der Waals surface area contributed by atoms with Gasteiger partial charge in [0.05, 0.1) is 16.7 Å². The highest BCUT2D eigenvalue weighted by molar-refractivity contribution is 6.62. The topological polar surface area (TPSA) is 36.3 Å². The molecule has 96 valence electrons. The number of hydrogen-bond donors (Lipinski definition) is 0. The maximum atomic E-state index is 6.03. The van der Waals surface area contributed by atoms with E-state index in [1.54, 1.807) is 0 Å². The monoisotopic (exact) mass is 246 g/mol. The van der Waals surface area contributed by atoms with Gasteiger partial charge in [-0.05, 0) is 46.5 Å². The minimum absolute atomic E-state index is 0.278. The van der Waals surface area contributed by atoms with Crippen molar-refractivity contribution in [2.45, 2.75) is 57.3 Å². The molecule has 0 atom stereocenters. The third-order valence-electron chi connectivity index (χ3n) is 5.22. The molecule has 1 aromatic rings. The number of nitrogens with zero attached hydrogens (tertiary/aromatic N) is 2. The van der Waals surface area contributed by atoms with E-state index < -0.39 is 0 Å². The van der Waals surface area contributed by atoms with Gasteiger partial charge in [0.15, 0.2) is 0 Å². The summed E-state index contributed by atoms with van der Waals surface area (Å²) in [5.74, 6) is 0.892. The summed E-state index contributed by atoms with van der Waals surface area (Å²) in [7, 11) is -0.281. The largest absolute Gasteiger partial charge is 0.498 e. The van der Waals surface area contributed by atoms with Gasteiger partial charge >= 0.3 is 7.12 Å². The maximum absolute atomic E-state index is 6.03. The molecular formula is C13H19BN2O2. The van der Waals surface area contributed by atoms with E-state index in [1.165, 1.54) is 12.8 Å². The van der Waals surface area contributed by atoms with Crippen LogP contribution in [-0.2, 0) is 14.8 Å². The first-order valence-corrected chi connectivity index (χ1v) is 6.75. The Balaban J connectivity index is 1.59. The van der Waals surface area contributed by atoms with Gasteiger partial charge in [-0.15, -0.1) is 0 Å². The van der Waals surface area contributed by atoms with Gasteiger partial charge in [0, 0.05) is 17.9 Å². The summed E-state index contributed by atoms with van der Waals surface area (Å²) in [6, 6.07) is 0. The highest BCUT2D eigenvalue weighted by atomic mass is 16.7. The molecule has 1 aliphatic heterocycles. The summed E-state index contributed by atoms with van der Waals surface area (Å²) in [5.41, 5.74) is 0.877. The lowest BCUT2D eigenvalue weighted by atomic mass is 9.82. The van der Waals surface area contributed by atoms with Gasteiger partial charge in [-0.2, -0.15) is 5.10 Å². The zero-order valence-electron chi connectivity index (χ0n) is 11.4. The van der Waals surface area contributed by atoms with Crippen LogP contribution in [0.5, 0.6) is 0 Å². The summed E-state index contributed by atoms with van der Waals surface area (Å²) in [5, 5.41) is 4.49. The van der Waals surface area contributed by atoms with Crippen molar-refractivity contribution in [2.24, 2.45) is 5.92 Å². The van der Waals surface area contributed by atoms with Crippen LogP contribution in [0.1, 0.15) is 40.5 Å². The van der Waals surface area contributed by atoms with Gasteiger partial charge in [0.2, 0.25) is 0 Å². The van der Waals surface area contributed by atoms with Crippen molar-refractivity contribution in [1.29, 1.82) is 0 Å². The summed E-state index contributed by atoms with van der Waals surface area (Å²) < 4.78 is 14.2. The summed E-state index contributed by atoms with van der Waals surface area (Å²) >= 11 is 0. The number of rotatable bonds is 2. The van der Waals surface area contributed by atoms with Gasteiger partial charge < -0.3 is 9.31 Å². The van der Waals surface area contributed by atoms with Gasteiger partial charge in [-0.1, -0.05) is 0 Å². The van der Waals surface area contributed by atoms with Gasteiger partial charge in [-0.25, -0.2) is 0 Å². The van der Waals surface area contributed by atoms with Crippen molar-refractivity contribution < 1.29 is 9.31 Å². The Bertz CT molecular complexity index is 501. The SMILES string of the molecule is CC1(C)OB(c2cnn(C34CC3C4)c2)OC1(C)C. The molecule has 0 bridgehead atoms. The van der Waals surface area contributed by atoms with E-state index in [-0.39, 0.29) is 18.3 Å². The lowest BCUT2D eigenvalue weighted by Crippen LogP contribution is -2.41. The fourth-order valence-electron chi connectivity index (χ4n) is 2.73. The molecular weight excluding hydrogens is 227 g/mol. The highest BCUT2D eigenvalue weighted by Crippen LogP contribution is 2.72. The fraction of sp³-hybridized carbons (Fsp3) is 0.769. The van der Waals surface area contributed by atoms with Gasteiger partial charge in [0.1, 0.15) is 0 Å². The van der Waals surface area contributed by atoms with E-state index >= 15 is 0 Å². The Hall–Kier alpha value is -0.805. The smallest absolute Gasteiger partial charge is 0.399 e. The first-order chi connectivity index (χ1) is 8.34. The standard InChI is InChI=1S/C13H19BN2O2/c1-11(2)12(3,4)18-14(17-11)10-7-15-16(8-10)13-5-9(13)6-13/h7-9H,5-6H2,1-4H3. The van der Waals surface area contributed by atoms with Crippen LogP contribution in [0.4, 0.5) is 0 Å². The van der Waals surface area contributed by atoms with E-state index in [2.05, 4.69) is 43.7 Å². The van der Waals surface area contributed by atoms with Gasteiger partial charge in [0.25, 0.3) is 0 Å². The molecule has 2 aliphatic carbocycles. The van der Waals surface area contributed by atoms with Gasteiger partial charge in [-0.3, -0.25) is 4.68 Å². The van der Waals surface area contributed by atoms with Crippen LogP contribution in [0.3, 0.4) is 0 Å². The Morgan fingerprint density at radius 2 is 1.78 bits per heavy atom. The Morgan fingerprint density at radius 1 is 1.22 bits per heavy atom. The normalized spacial score (nSPS) is 38.7. The first kappa shape index (κ1) is 11.1. The predicted molar refractivity (Wildman–Crippen MR) is 68.6 cm³/mol. The van der Waals surface area contributed by atoms with Crippen LogP contribution < -0.4 is 5.46 Å². The van der Waals surface area contributed by atoms with E-state index in [0.29, 0.717) is 5.54 Å². The van der Waals surface area contributed by atoms with Crippen molar-refractivity contribution >= 4 is 12.6 Å². The maximum Gasteiger partial charge on any atom is 0.498 e. The Kier molecular flexibility index (Phi) is 1.75. The number of hydrogen-bond acceptors (Lipinski definition) is 3. The zero-order chi connectivity index (χ0) is 12.8. The molecule has 2 saturated carbocycles. The summed E-state index contributed by atoms with van der Waals surface area (Å²) in [4.78, 5) is 0. The molecule has 0 amide bonds. The van der Waals surface area contributed by atoms with Crippen molar-refractivity contribution in [1.82, 2.24) is 9.78 Å². The lowest BCUT2D eigenvalue weighted by molar-refractivity contribution is 0.00578. The van der Waals surface area contributed by atoms with Crippen LogP contribution in [0, 0.1) is 5.92 Å². The Morgan fingerprint density at radius 3 is 2.28 bits per heavy atom. The first-order valence-electron chi connectivity index (χ1n) is 6.75. The molecule has 18 heavy (non-hydrogen) atoms. The minimum atomic E-state index is -0.281. The fourth-order valence-corrected chi connectivity index (χ4v) is 2.73. The molecule has 4 nitrogen and oxygen atoms in total. The van der Waals surface area contributed by atoms with E-state index in [4.69, 9.17) is 9.31 Å². The van der Waals surface area contributed by atoms with Crippen LogP contribution in [0.2, 0.25) is 0 Å². The van der Waals surface area contributed by atoms with Crippen molar-refractivity contribution in [3.8, 4) is 0 Å². The zero-order valence-corrected chi connectivity index (χ0v) is 11.4. The molecule has 3 fully saturated rings. The van der Waals surface area contributed by atoms with Crippen LogP contribution >= 0.6 is 0 Å². The van der Waals surface area contributed by atoms with Crippen molar-refractivity contribution in [3.63, 3.8) is 0 Å². The van der Waals surface area contributed by atoms with E-state index in [9.17, 15) is 0 Å². The lowest BCUT2D eigenvalue weighted by Gasteiger charge is -2.32. The second-order valence-corrected chi connectivity index (χ2v) is 7.02. The average molecular weight is 246 g/mol. The molecule has 0 aromatic carbocycles. The number of aromatic nitrogens is 2. The molecule has 4 rings (SSSR count). The molecule has 1 aromatic heterocycles. The van der Waals surface area contributed by atoms with E-state index in [1.807, 2.05) is 6.20 Å². The summed E-state index contributed by atoms with van der Waals surface area (Å²) in [6.45, 7) is 8.31. The summed E-state index contributed by atoms with van der Waals surface area (Å²) in [6.07, 6.45) is 6.61. The second-order valence-electron chi connectivity index (χ2n) is 7.02. The average Bonchev–Trinajstić information content (AvgIpc) is 2.99.